The van der Waals surface area contributed by atoms with E-state index >= 15 is 0 Å². The smallest absolute Gasteiger partial charge is 0.266 e. The molecular weight excluding hydrogens is 344 g/mol. The van der Waals surface area contributed by atoms with Gasteiger partial charge in [-0.15, -0.1) is 0 Å². The molecule has 3 nitrogen and oxygen atoms in total. The Labute approximate surface area is 127 Å². The van der Waals surface area contributed by atoms with E-state index in [0.717, 1.165) is 17.0 Å². The maximum atomic E-state index is 13.3. The van der Waals surface area contributed by atoms with Gasteiger partial charge in [0.2, 0.25) is 0 Å². The van der Waals surface area contributed by atoms with E-state index in [1.54, 1.807) is 25.1 Å². The van der Waals surface area contributed by atoms with Crippen LogP contribution in [0, 0.1) is 18.6 Å². The predicted octanol–water partition coefficient (Wildman–Crippen LogP) is 3.84. The van der Waals surface area contributed by atoms with E-state index < -0.39 is 23.4 Å². The SMILES string of the molecule is Cc1ccc(Br)cc1N1C(=O)c2cc(F)c(F)cc2C1=O. The number of nitrogens with zero attached hydrogens (tertiary/aromatic N) is 1. The highest BCUT2D eigenvalue weighted by molar-refractivity contribution is 9.10. The number of aryl methyl sites for hydroxylation is 1. The van der Waals surface area contributed by atoms with Gasteiger partial charge in [0.05, 0.1) is 16.8 Å². The summed E-state index contributed by atoms with van der Waals surface area (Å²) in [5.74, 6) is -3.62. The number of imide groups is 1. The quantitative estimate of drug-likeness (QED) is 0.732. The van der Waals surface area contributed by atoms with Crippen molar-refractivity contribution < 1.29 is 18.4 Å². The summed E-state index contributed by atoms with van der Waals surface area (Å²) in [4.78, 5) is 25.6. The zero-order valence-electron chi connectivity index (χ0n) is 10.8. The van der Waals surface area contributed by atoms with Crippen molar-refractivity contribution >= 4 is 33.4 Å². The first-order valence-electron chi connectivity index (χ1n) is 6.04. The van der Waals surface area contributed by atoms with E-state index in [9.17, 15) is 18.4 Å². The van der Waals surface area contributed by atoms with Gasteiger partial charge >= 0.3 is 0 Å². The van der Waals surface area contributed by atoms with Crippen LogP contribution in [0.15, 0.2) is 34.8 Å². The molecule has 0 atom stereocenters. The summed E-state index contributed by atoms with van der Waals surface area (Å²) in [6.07, 6.45) is 0. The zero-order valence-corrected chi connectivity index (χ0v) is 12.4. The minimum atomic E-state index is -1.15. The molecule has 0 unspecified atom stereocenters. The van der Waals surface area contributed by atoms with E-state index in [-0.39, 0.29) is 11.1 Å². The lowest BCUT2D eigenvalue weighted by atomic mass is 10.1. The Morgan fingerprint density at radius 1 is 0.952 bits per heavy atom. The summed E-state index contributed by atoms with van der Waals surface area (Å²) in [5.41, 5.74) is 0.835. The second kappa shape index (κ2) is 4.73. The first-order chi connectivity index (χ1) is 9.90. The van der Waals surface area contributed by atoms with Crippen LogP contribution in [0.4, 0.5) is 14.5 Å². The average Bonchev–Trinajstić information content (AvgIpc) is 2.66. The van der Waals surface area contributed by atoms with Crippen molar-refractivity contribution in [3.63, 3.8) is 0 Å². The normalized spacial score (nSPS) is 13.8. The topological polar surface area (TPSA) is 37.4 Å². The van der Waals surface area contributed by atoms with Crippen LogP contribution in [0.3, 0.4) is 0 Å². The summed E-state index contributed by atoms with van der Waals surface area (Å²) in [7, 11) is 0. The molecule has 3 rings (SSSR count). The molecule has 0 bridgehead atoms. The molecule has 0 saturated heterocycles. The molecule has 6 heteroatoms. The van der Waals surface area contributed by atoms with E-state index in [1.165, 1.54) is 0 Å². The van der Waals surface area contributed by atoms with Gasteiger partial charge in [0.25, 0.3) is 11.8 Å². The van der Waals surface area contributed by atoms with E-state index in [2.05, 4.69) is 15.9 Å². The number of rotatable bonds is 1. The molecule has 2 amide bonds. The van der Waals surface area contributed by atoms with Crippen molar-refractivity contribution in [3.05, 3.63) is 63.1 Å². The summed E-state index contributed by atoms with van der Waals surface area (Å²) in [6, 6.07) is 6.65. The number of fused-ring (bicyclic) bond motifs is 1. The van der Waals surface area contributed by atoms with Crippen LogP contribution in [0.25, 0.3) is 0 Å². The van der Waals surface area contributed by atoms with Crippen LogP contribution < -0.4 is 4.90 Å². The number of amides is 2. The third-order valence-corrected chi connectivity index (χ3v) is 3.83. The van der Waals surface area contributed by atoms with Crippen molar-refractivity contribution in [2.24, 2.45) is 0 Å². The lowest BCUT2D eigenvalue weighted by Gasteiger charge is -2.16. The maximum Gasteiger partial charge on any atom is 0.266 e. The maximum absolute atomic E-state index is 13.3. The minimum Gasteiger partial charge on any atom is -0.268 e. The third-order valence-electron chi connectivity index (χ3n) is 3.34. The highest BCUT2D eigenvalue weighted by atomic mass is 79.9. The van der Waals surface area contributed by atoms with Gasteiger partial charge in [0, 0.05) is 4.47 Å². The first kappa shape index (κ1) is 13.9. The second-order valence-electron chi connectivity index (χ2n) is 4.69. The van der Waals surface area contributed by atoms with Crippen LogP contribution in [0.1, 0.15) is 26.3 Å². The first-order valence-corrected chi connectivity index (χ1v) is 6.83. The molecular formula is C15H8BrF2NO2. The molecule has 106 valence electrons. The molecule has 0 N–H and O–H groups in total. The highest BCUT2D eigenvalue weighted by Crippen LogP contribution is 2.33. The fraction of sp³-hybridized carbons (Fsp3) is 0.0667. The lowest BCUT2D eigenvalue weighted by Crippen LogP contribution is -2.30. The highest BCUT2D eigenvalue weighted by Gasteiger charge is 2.38. The molecule has 0 aliphatic carbocycles. The average molecular weight is 352 g/mol. The second-order valence-corrected chi connectivity index (χ2v) is 5.60. The zero-order chi connectivity index (χ0) is 15.3. The summed E-state index contributed by atoms with van der Waals surface area (Å²) < 4.78 is 27.3. The summed E-state index contributed by atoms with van der Waals surface area (Å²) in [6.45, 7) is 1.74. The van der Waals surface area contributed by atoms with Gasteiger partial charge in [0.15, 0.2) is 11.6 Å². The molecule has 1 heterocycles. The number of hydrogen-bond acceptors (Lipinski definition) is 2. The summed E-state index contributed by atoms with van der Waals surface area (Å²) in [5, 5.41) is 0. The Hall–Kier alpha value is -2.08. The van der Waals surface area contributed by atoms with E-state index in [4.69, 9.17) is 0 Å². The number of carbonyl (C=O) groups excluding carboxylic acids is 2. The van der Waals surface area contributed by atoms with Crippen LogP contribution in [0.5, 0.6) is 0 Å². The molecule has 0 fully saturated rings. The molecule has 2 aromatic rings. The lowest BCUT2D eigenvalue weighted by molar-refractivity contribution is 0.0925. The van der Waals surface area contributed by atoms with Gasteiger partial charge in [0.1, 0.15) is 0 Å². The number of carbonyl (C=O) groups is 2. The molecule has 0 spiro atoms. The van der Waals surface area contributed by atoms with Crippen LogP contribution in [-0.2, 0) is 0 Å². The van der Waals surface area contributed by atoms with Crippen LogP contribution in [0.2, 0.25) is 0 Å². The third kappa shape index (κ3) is 2.06. The number of anilines is 1. The largest absolute Gasteiger partial charge is 0.268 e. The monoisotopic (exact) mass is 351 g/mol. The Morgan fingerprint density at radius 2 is 1.48 bits per heavy atom. The Kier molecular flexibility index (Phi) is 3.13. The Morgan fingerprint density at radius 3 is 2.00 bits per heavy atom. The van der Waals surface area contributed by atoms with Gasteiger partial charge in [-0.05, 0) is 36.8 Å². The molecule has 1 aliphatic rings. The van der Waals surface area contributed by atoms with Gasteiger partial charge in [-0.3, -0.25) is 9.59 Å². The molecule has 1 aliphatic heterocycles. The molecule has 21 heavy (non-hydrogen) atoms. The van der Waals surface area contributed by atoms with Crippen LogP contribution in [-0.4, -0.2) is 11.8 Å². The van der Waals surface area contributed by atoms with Gasteiger partial charge < -0.3 is 0 Å². The van der Waals surface area contributed by atoms with Gasteiger partial charge in [-0.2, -0.15) is 0 Å². The van der Waals surface area contributed by atoms with Crippen molar-refractivity contribution in [1.82, 2.24) is 0 Å². The standard InChI is InChI=1S/C15H8BrF2NO2/c1-7-2-3-8(16)4-13(7)19-14(20)9-5-11(17)12(18)6-10(9)15(19)21/h2-6H,1H3. The predicted molar refractivity (Wildman–Crippen MR) is 76.4 cm³/mol. The fourth-order valence-electron chi connectivity index (χ4n) is 2.28. The van der Waals surface area contributed by atoms with E-state index in [0.29, 0.717) is 15.7 Å². The van der Waals surface area contributed by atoms with Crippen molar-refractivity contribution in [1.29, 1.82) is 0 Å². The van der Waals surface area contributed by atoms with Crippen LogP contribution >= 0.6 is 15.9 Å². The molecule has 0 saturated carbocycles. The Balaban J connectivity index is 2.18. The number of hydrogen-bond donors (Lipinski definition) is 0. The molecule has 0 radical (unpaired) electrons. The van der Waals surface area contributed by atoms with Crippen molar-refractivity contribution in [2.45, 2.75) is 6.92 Å². The van der Waals surface area contributed by atoms with Crippen molar-refractivity contribution in [3.8, 4) is 0 Å². The number of halogens is 3. The van der Waals surface area contributed by atoms with Gasteiger partial charge in [-0.1, -0.05) is 22.0 Å². The van der Waals surface area contributed by atoms with Gasteiger partial charge in [-0.25, -0.2) is 13.7 Å². The Bertz CT molecular complexity index is 764. The summed E-state index contributed by atoms with van der Waals surface area (Å²) >= 11 is 3.27. The van der Waals surface area contributed by atoms with Crippen molar-refractivity contribution in [2.75, 3.05) is 4.90 Å². The van der Waals surface area contributed by atoms with E-state index in [1.807, 2.05) is 0 Å². The molecule has 0 aromatic heterocycles. The number of benzene rings is 2. The molecule has 2 aromatic carbocycles. The fourth-order valence-corrected chi connectivity index (χ4v) is 2.63. The minimum absolute atomic E-state index is 0.127.